The van der Waals surface area contributed by atoms with E-state index in [1.54, 1.807) is 31.2 Å². The number of benzene rings is 1. The van der Waals surface area contributed by atoms with Gasteiger partial charge in [-0.1, -0.05) is 23.5 Å². The van der Waals surface area contributed by atoms with Gasteiger partial charge in [-0.3, -0.25) is 14.4 Å². The van der Waals surface area contributed by atoms with Crippen LogP contribution < -0.4 is 15.6 Å². The number of hydrogen-bond acceptors (Lipinski definition) is 8. The first-order valence-electron chi connectivity index (χ1n) is 8.41. The summed E-state index contributed by atoms with van der Waals surface area (Å²) in [5.41, 5.74) is 0.708. The third kappa shape index (κ3) is 4.52. The molecule has 0 saturated carbocycles. The van der Waals surface area contributed by atoms with Crippen molar-refractivity contribution in [3.63, 3.8) is 0 Å². The number of hydrogen-bond donors (Lipinski definition) is 1. The molecule has 0 spiro atoms. The van der Waals surface area contributed by atoms with Crippen molar-refractivity contribution in [2.75, 3.05) is 13.7 Å². The number of carbonyl (C=O) groups excluding carboxylic acids is 2. The molecule has 146 valence electrons. The van der Waals surface area contributed by atoms with Gasteiger partial charge in [0.2, 0.25) is 4.96 Å². The second kappa shape index (κ2) is 8.61. The van der Waals surface area contributed by atoms with E-state index < -0.39 is 5.97 Å². The Kier molecular flexibility index (Phi) is 5.99. The smallest absolute Gasteiger partial charge is 0.307 e. The van der Waals surface area contributed by atoms with Gasteiger partial charge in [0.25, 0.3) is 11.5 Å². The number of nitrogens with zero attached hydrogens (tertiary/aromatic N) is 3. The predicted molar refractivity (Wildman–Crippen MR) is 102 cm³/mol. The highest BCUT2D eigenvalue weighted by molar-refractivity contribution is 7.16. The normalized spacial score (nSPS) is 10.6. The molecule has 0 aliphatic heterocycles. The van der Waals surface area contributed by atoms with Crippen LogP contribution in [-0.4, -0.2) is 40.1 Å². The number of para-hydroxylation sites is 1. The highest BCUT2D eigenvalue weighted by Crippen LogP contribution is 2.17. The van der Waals surface area contributed by atoms with Gasteiger partial charge in [-0.05, 0) is 19.1 Å². The van der Waals surface area contributed by atoms with E-state index in [1.807, 2.05) is 0 Å². The van der Waals surface area contributed by atoms with Crippen LogP contribution in [0.4, 0.5) is 0 Å². The highest BCUT2D eigenvalue weighted by Gasteiger charge is 2.13. The molecule has 1 amide bonds. The van der Waals surface area contributed by atoms with Gasteiger partial charge in [0.15, 0.2) is 5.01 Å². The maximum absolute atomic E-state index is 12.2. The Bertz CT molecular complexity index is 1080. The third-order valence-electron chi connectivity index (χ3n) is 3.74. The van der Waals surface area contributed by atoms with E-state index in [1.165, 1.54) is 29.0 Å². The lowest BCUT2D eigenvalue weighted by Gasteiger charge is -2.08. The summed E-state index contributed by atoms with van der Waals surface area (Å²) < 4.78 is 11.5. The Morgan fingerprint density at radius 2 is 2.07 bits per heavy atom. The van der Waals surface area contributed by atoms with E-state index in [9.17, 15) is 14.4 Å². The molecule has 3 rings (SSSR count). The number of esters is 1. The van der Waals surface area contributed by atoms with Crippen molar-refractivity contribution in [2.45, 2.75) is 20.0 Å². The molecule has 2 heterocycles. The number of amides is 1. The van der Waals surface area contributed by atoms with E-state index in [-0.39, 0.29) is 31.0 Å². The van der Waals surface area contributed by atoms with Gasteiger partial charge in [0.1, 0.15) is 12.4 Å². The van der Waals surface area contributed by atoms with Crippen molar-refractivity contribution in [3.8, 4) is 5.75 Å². The van der Waals surface area contributed by atoms with E-state index in [0.29, 0.717) is 27.0 Å². The zero-order chi connectivity index (χ0) is 20.1. The van der Waals surface area contributed by atoms with Crippen LogP contribution in [0.1, 0.15) is 27.5 Å². The maximum Gasteiger partial charge on any atom is 0.307 e. The van der Waals surface area contributed by atoms with E-state index in [4.69, 9.17) is 9.47 Å². The lowest BCUT2D eigenvalue weighted by atomic mass is 10.2. The standard InChI is InChI=1S/C18H18N4O5S/c1-11-9-15(23)22-18(20-11)28-14(21-22)10-27-16(24)7-8-19-17(25)12-5-3-4-6-13(12)26-2/h3-6,9H,7-8,10H2,1-2H3,(H,19,25). The van der Waals surface area contributed by atoms with Gasteiger partial charge in [0, 0.05) is 18.3 Å². The molecule has 2 aromatic heterocycles. The van der Waals surface area contributed by atoms with Gasteiger partial charge in [-0.15, -0.1) is 0 Å². The molecule has 0 unspecified atom stereocenters. The average molecular weight is 402 g/mol. The summed E-state index contributed by atoms with van der Waals surface area (Å²) in [6, 6.07) is 8.19. The number of ether oxygens (including phenoxy) is 2. The second-order valence-electron chi connectivity index (χ2n) is 5.79. The Balaban J connectivity index is 1.49. The Morgan fingerprint density at radius 1 is 1.29 bits per heavy atom. The number of fused-ring (bicyclic) bond motifs is 1. The highest BCUT2D eigenvalue weighted by atomic mass is 32.1. The average Bonchev–Trinajstić information content (AvgIpc) is 3.09. The maximum atomic E-state index is 12.2. The number of carbonyl (C=O) groups is 2. The molecule has 10 heteroatoms. The molecule has 0 fully saturated rings. The zero-order valence-corrected chi connectivity index (χ0v) is 16.1. The molecule has 1 aromatic carbocycles. The van der Waals surface area contributed by atoms with Crippen LogP contribution in [-0.2, 0) is 16.1 Å². The van der Waals surface area contributed by atoms with Crippen LogP contribution in [0.2, 0.25) is 0 Å². The fraction of sp³-hybridized carbons (Fsp3) is 0.278. The molecule has 0 radical (unpaired) electrons. The molecule has 0 bridgehead atoms. The molecule has 9 nitrogen and oxygen atoms in total. The van der Waals surface area contributed by atoms with Crippen LogP contribution in [0.25, 0.3) is 4.96 Å². The summed E-state index contributed by atoms with van der Waals surface area (Å²) in [6.07, 6.45) is 0.00307. The number of rotatable bonds is 7. The summed E-state index contributed by atoms with van der Waals surface area (Å²) in [6.45, 7) is 1.78. The molecule has 28 heavy (non-hydrogen) atoms. The van der Waals surface area contributed by atoms with E-state index in [2.05, 4.69) is 15.4 Å². The van der Waals surface area contributed by atoms with Crippen molar-refractivity contribution in [1.29, 1.82) is 0 Å². The number of aromatic nitrogens is 3. The van der Waals surface area contributed by atoms with E-state index in [0.717, 1.165) is 0 Å². The van der Waals surface area contributed by atoms with Crippen LogP contribution in [0.5, 0.6) is 5.75 Å². The minimum atomic E-state index is -0.490. The van der Waals surface area contributed by atoms with Gasteiger partial charge in [0.05, 0.1) is 19.1 Å². The molecule has 3 aromatic rings. The van der Waals surface area contributed by atoms with Gasteiger partial charge in [-0.2, -0.15) is 9.61 Å². The molecule has 0 aliphatic rings. The first-order chi connectivity index (χ1) is 13.5. The summed E-state index contributed by atoms with van der Waals surface area (Å²) in [5, 5.41) is 7.20. The van der Waals surface area contributed by atoms with E-state index >= 15 is 0 Å². The van der Waals surface area contributed by atoms with Crippen LogP contribution in [0.3, 0.4) is 0 Å². The quantitative estimate of drug-likeness (QED) is 0.593. The van der Waals surface area contributed by atoms with Crippen molar-refractivity contribution in [1.82, 2.24) is 19.9 Å². The van der Waals surface area contributed by atoms with Gasteiger partial charge >= 0.3 is 5.97 Å². The van der Waals surface area contributed by atoms with Gasteiger partial charge in [-0.25, -0.2) is 4.98 Å². The monoisotopic (exact) mass is 402 g/mol. The van der Waals surface area contributed by atoms with Crippen molar-refractivity contribution in [2.24, 2.45) is 0 Å². The topological polar surface area (TPSA) is 112 Å². The Labute approximate surface area is 163 Å². The molecule has 0 aliphatic carbocycles. The minimum absolute atomic E-state index is 0.00307. The summed E-state index contributed by atoms with van der Waals surface area (Å²) in [4.78, 5) is 40.5. The van der Waals surface area contributed by atoms with Crippen LogP contribution in [0, 0.1) is 6.92 Å². The Morgan fingerprint density at radius 3 is 2.86 bits per heavy atom. The Hall–Kier alpha value is -3.27. The molecule has 0 saturated heterocycles. The van der Waals surface area contributed by atoms with Gasteiger partial charge < -0.3 is 14.8 Å². The second-order valence-corrected chi connectivity index (χ2v) is 6.83. The predicted octanol–water partition coefficient (Wildman–Crippen LogP) is 1.33. The minimum Gasteiger partial charge on any atom is -0.496 e. The molecule has 1 N–H and O–H groups in total. The molecular weight excluding hydrogens is 384 g/mol. The first kappa shape index (κ1) is 19.5. The third-order valence-corrected chi connectivity index (χ3v) is 4.62. The van der Waals surface area contributed by atoms with Crippen LogP contribution in [0.15, 0.2) is 35.1 Å². The molecular formula is C18H18N4O5S. The van der Waals surface area contributed by atoms with Crippen LogP contribution >= 0.6 is 11.3 Å². The largest absolute Gasteiger partial charge is 0.496 e. The number of nitrogens with one attached hydrogen (secondary N) is 1. The fourth-order valence-corrected chi connectivity index (χ4v) is 3.30. The fourth-order valence-electron chi connectivity index (χ4n) is 2.44. The summed E-state index contributed by atoms with van der Waals surface area (Å²) in [7, 11) is 1.48. The van der Waals surface area contributed by atoms with Crippen molar-refractivity contribution < 1.29 is 19.1 Å². The van der Waals surface area contributed by atoms with Crippen molar-refractivity contribution >= 4 is 28.2 Å². The lowest BCUT2D eigenvalue weighted by Crippen LogP contribution is -2.26. The summed E-state index contributed by atoms with van der Waals surface area (Å²) >= 11 is 1.18. The lowest BCUT2D eigenvalue weighted by molar-refractivity contribution is -0.144. The first-order valence-corrected chi connectivity index (χ1v) is 9.23. The zero-order valence-electron chi connectivity index (χ0n) is 15.3. The van der Waals surface area contributed by atoms with Crippen molar-refractivity contribution in [3.05, 3.63) is 57.0 Å². The number of aryl methyl sites for hydroxylation is 1. The summed E-state index contributed by atoms with van der Waals surface area (Å²) in [5.74, 6) is -0.370. The SMILES string of the molecule is COc1ccccc1C(=O)NCCC(=O)OCc1nn2c(=O)cc(C)nc2s1. The molecule has 0 atom stereocenters. The number of methoxy groups -OCH3 is 1.